The maximum atomic E-state index is 14.1. The van der Waals surface area contributed by atoms with Crippen LogP contribution in [0.3, 0.4) is 0 Å². The summed E-state index contributed by atoms with van der Waals surface area (Å²) in [6.07, 6.45) is 0. The van der Waals surface area contributed by atoms with Crippen molar-refractivity contribution in [3.8, 4) is 5.75 Å². The quantitative estimate of drug-likeness (QED) is 0.178. The van der Waals surface area contributed by atoms with E-state index in [4.69, 9.17) is 32.7 Å². The number of nitrogens with one attached hydrogen (secondary N) is 2. The van der Waals surface area contributed by atoms with Gasteiger partial charge in [-0.3, -0.25) is 19.2 Å². The zero-order valence-electron chi connectivity index (χ0n) is 23.4. The van der Waals surface area contributed by atoms with Gasteiger partial charge in [-0.25, -0.2) is 9.69 Å². The molecule has 3 amide bonds. The molecule has 3 aromatic carbocycles. The highest BCUT2D eigenvalue weighted by Crippen LogP contribution is 2.54. The van der Waals surface area contributed by atoms with Crippen LogP contribution in [0.2, 0.25) is 10.0 Å². The highest BCUT2D eigenvalue weighted by Gasteiger charge is 2.57. The fourth-order valence-electron chi connectivity index (χ4n) is 5.34. The number of fused-ring (bicyclic) bond motifs is 2. The molecular weight excluding hydrogens is 661 g/mol. The lowest BCUT2D eigenvalue weighted by atomic mass is 9.82. The normalized spacial score (nSPS) is 18.7. The molecule has 2 aliphatic rings. The molecule has 2 aliphatic heterocycles. The standard InChI is InChI=1S/C31H23Cl2N3O7S2/c1-2-42-30(40)15-3-10-19(11-4-15)36-28(38)24-23(25-27(35-31(41)45-25)44-26(24)29(36)39)20-13-17(33)7-12-21(20)43-14-22(37)34-18-8-5-16(32)6-9-18/h3-13,23-24,26H,2,14H2,1H3,(H,34,37)(H,35,41)/t23-,24-,26+/m0/s1. The van der Waals surface area contributed by atoms with E-state index in [9.17, 15) is 24.0 Å². The number of ether oxygens (including phenoxy) is 2. The predicted octanol–water partition coefficient (Wildman–Crippen LogP) is 5.73. The Morgan fingerprint density at radius 2 is 1.67 bits per heavy atom. The summed E-state index contributed by atoms with van der Waals surface area (Å²) in [4.78, 5) is 69.4. The van der Waals surface area contributed by atoms with E-state index >= 15 is 0 Å². The zero-order valence-corrected chi connectivity index (χ0v) is 26.5. The van der Waals surface area contributed by atoms with Gasteiger partial charge < -0.3 is 19.8 Å². The minimum atomic E-state index is -0.921. The van der Waals surface area contributed by atoms with Gasteiger partial charge in [0, 0.05) is 32.1 Å². The van der Waals surface area contributed by atoms with Gasteiger partial charge in [-0.2, -0.15) is 0 Å². The van der Waals surface area contributed by atoms with E-state index in [-0.39, 0.29) is 29.4 Å². The van der Waals surface area contributed by atoms with Gasteiger partial charge in [0.2, 0.25) is 11.8 Å². The molecule has 2 N–H and O–H groups in total. The molecular formula is C31H23Cl2N3O7S2. The van der Waals surface area contributed by atoms with Gasteiger partial charge in [-0.15, -0.1) is 0 Å². The van der Waals surface area contributed by atoms with Crippen molar-refractivity contribution in [1.29, 1.82) is 0 Å². The molecule has 3 heterocycles. The first-order valence-electron chi connectivity index (χ1n) is 13.7. The highest BCUT2D eigenvalue weighted by molar-refractivity contribution is 8.00. The van der Waals surface area contributed by atoms with Crippen LogP contribution >= 0.6 is 46.3 Å². The summed E-state index contributed by atoms with van der Waals surface area (Å²) in [5.41, 5.74) is 1.56. The monoisotopic (exact) mass is 683 g/mol. The van der Waals surface area contributed by atoms with Gasteiger partial charge in [0.25, 0.3) is 5.91 Å². The van der Waals surface area contributed by atoms with E-state index in [1.807, 2.05) is 0 Å². The maximum absolute atomic E-state index is 14.1. The lowest BCUT2D eigenvalue weighted by Gasteiger charge is -2.31. The first kappa shape index (κ1) is 30.9. The number of aromatic amines is 1. The molecule has 230 valence electrons. The number of rotatable bonds is 8. The van der Waals surface area contributed by atoms with Crippen LogP contribution < -0.4 is 19.8 Å². The van der Waals surface area contributed by atoms with Gasteiger partial charge in [-0.1, -0.05) is 46.3 Å². The Balaban J connectivity index is 1.33. The number of hydrogen-bond acceptors (Lipinski definition) is 9. The van der Waals surface area contributed by atoms with Crippen LogP contribution in [0.4, 0.5) is 11.4 Å². The first-order chi connectivity index (χ1) is 21.6. The number of amides is 3. The van der Waals surface area contributed by atoms with E-state index in [0.717, 1.165) is 28.0 Å². The summed E-state index contributed by atoms with van der Waals surface area (Å²) in [6, 6.07) is 17.4. The number of imide groups is 1. The highest BCUT2D eigenvalue weighted by atomic mass is 35.5. The minimum absolute atomic E-state index is 0.208. The van der Waals surface area contributed by atoms with Crippen molar-refractivity contribution in [2.24, 2.45) is 5.92 Å². The van der Waals surface area contributed by atoms with Crippen LogP contribution in [0.15, 0.2) is 76.6 Å². The van der Waals surface area contributed by atoms with Crippen molar-refractivity contribution in [3.05, 3.63) is 102 Å². The van der Waals surface area contributed by atoms with Crippen molar-refractivity contribution < 1.29 is 28.7 Å². The van der Waals surface area contributed by atoms with Crippen molar-refractivity contribution in [3.63, 3.8) is 0 Å². The molecule has 10 nitrogen and oxygen atoms in total. The van der Waals surface area contributed by atoms with Crippen molar-refractivity contribution in [1.82, 2.24) is 4.98 Å². The van der Waals surface area contributed by atoms with Gasteiger partial charge in [0.1, 0.15) is 11.0 Å². The Bertz CT molecular complexity index is 1880. The van der Waals surface area contributed by atoms with Crippen molar-refractivity contribution >= 4 is 81.4 Å². The summed E-state index contributed by atoms with van der Waals surface area (Å²) in [5.74, 6) is -3.34. The molecule has 1 saturated heterocycles. The molecule has 3 atom stereocenters. The Kier molecular flexibility index (Phi) is 8.74. The van der Waals surface area contributed by atoms with Gasteiger partial charge >= 0.3 is 10.8 Å². The first-order valence-corrected chi connectivity index (χ1v) is 16.1. The van der Waals surface area contributed by atoms with Gasteiger partial charge in [-0.05, 0) is 73.7 Å². The third kappa shape index (κ3) is 6.10. The Morgan fingerprint density at radius 1 is 0.956 bits per heavy atom. The third-order valence-electron chi connectivity index (χ3n) is 7.25. The summed E-state index contributed by atoms with van der Waals surface area (Å²) < 4.78 is 11.0. The lowest BCUT2D eigenvalue weighted by Crippen LogP contribution is -2.32. The average Bonchev–Trinajstić information content (AvgIpc) is 3.51. The molecule has 14 heteroatoms. The van der Waals surface area contributed by atoms with Crippen LogP contribution in [0.5, 0.6) is 5.75 Å². The zero-order chi connectivity index (χ0) is 31.8. The van der Waals surface area contributed by atoms with E-state index in [1.54, 1.807) is 49.4 Å². The minimum Gasteiger partial charge on any atom is -0.483 e. The topological polar surface area (TPSA) is 135 Å². The number of thiazole rings is 1. The van der Waals surface area contributed by atoms with E-state index in [0.29, 0.717) is 36.9 Å². The Hall–Kier alpha value is -4.10. The number of esters is 1. The fraction of sp³-hybridized carbons (Fsp3) is 0.194. The summed E-state index contributed by atoms with van der Waals surface area (Å²) in [7, 11) is 0. The number of hydrogen-bond donors (Lipinski definition) is 2. The van der Waals surface area contributed by atoms with E-state index < -0.39 is 40.8 Å². The van der Waals surface area contributed by atoms with E-state index in [1.165, 1.54) is 24.3 Å². The number of H-pyrrole nitrogens is 1. The third-order valence-corrected chi connectivity index (χ3v) is 10.1. The van der Waals surface area contributed by atoms with Crippen molar-refractivity contribution in [2.45, 2.75) is 23.1 Å². The second-order valence-electron chi connectivity index (χ2n) is 10.1. The van der Waals surface area contributed by atoms with Crippen LogP contribution in [0.1, 0.15) is 33.6 Å². The van der Waals surface area contributed by atoms with Crippen LogP contribution in [-0.4, -0.2) is 47.1 Å². The van der Waals surface area contributed by atoms with Crippen LogP contribution in [-0.2, 0) is 19.1 Å². The van der Waals surface area contributed by atoms with Crippen molar-refractivity contribution in [2.75, 3.05) is 23.4 Å². The number of benzene rings is 3. The van der Waals surface area contributed by atoms with Gasteiger partial charge in [0.05, 0.1) is 28.8 Å². The SMILES string of the molecule is CCOC(=O)c1ccc(N2C(=O)[C@H]3[C@H](c4cc(Cl)ccc4OCC(=O)Nc4ccc(Cl)cc4)c4sc(=O)[nH]c4S[C@H]3C2=O)cc1. The van der Waals surface area contributed by atoms with Crippen LogP contribution in [0, 0.1) is 5.92 Å². The molecule has 0 aliphatic carbocycles. The number of carbonyl (C=O) groups is 4. The second kappa shape index (κ2) is 12.7. The van der Waals surface area contributed by atoms with Gasteiger partial charge in [0.15, 0.2) is 6.61 Å². The number of halogens is 2. The molecule has 0 unspecified atom stereocenters. The summed E-state index contributed by atoms with van der Waals surface area (Å²) >= 11 is 14.4. The predicted molar refractivity (Wildman–Crippen MR) is 172 cm³/mol. The molecule has 6 rings (SSSR count). The van der Waals surface area contributed by atoms with E-state index in [2.05, 4.69) is 10.3 Å². The number of aromatic nitrogens is 1. The number of anilines is 2. The maximum Gasteiger partial charge on any atom is 0.338 e. The fourth-order valence-corrected chi connectivity index (χ4v) is 8.15. The molecule has 0 spiro atoms. The summed E-state index contributed by atoms with van der Waals surface area (Å²) in [6.45, 7) is 1.54. The smallest absolute Gasteiger partial charge is 0.338 e. The number of carbonyl (C=O) groups excluding carboxylic acids is 4. The number of thioether (sulfide) groups is 1. The lowest BCUT2D eigenvalue weighted by molar-refractivity contribution is -0.122. The molecule has 0 bridgehead atoms. The molecule has 1 fully saturated rings. The second-order valence-corrected chi connectivity index (χ2v) is 13.1. The molecule has 0 saturated carbocycles. The Labute approximate surface area is 274 Å². The molecule has 0 radical (unpaired) electrons. The largest absolute Gasteiger partial charge is 0.483 e. The average molecular weight is 685 g/mol. The Morgan fingerprint density at radius 3 is 2.38 bits per heavy atom. The number of nitrogens with zero attached hydrogens (tertiary/aromatic N) is 1. The summed E-state index contributed by atoms with van der Waals surface area (Å²) in [5, 5.41) is 3.20. The molecule has 1 aromatic heterocycles. The molecule has 4 aromatic rings. The van der Waals surface area contributed by atoms with Crippen LogP contribution in [0.25, 0.3) is 0 Å². The molecule has 45 heavy (non-hydrogen) atoms.